The van der Waals surface area contributed by atoms with Gasteiger partial charge in [-0.25, -0.2) is 13.2 Å². The van der Waals surface area contributed by atoms with Gasteiger partial charge >= 0.3 is 5.97 Å². The molecule has 0 saturated carbocycles. The summed E-state index contributed by atoms with van der Waals surface area (Å²) in [7, 11) is -3.80. The second-order valence-corrected chi connectivity index (χ2v) is 8.97. The van der Waals surface area contributed by atoms with Gasteiger partial charge in [0, 0.05) is 18.8 Å². The van der Waals surface area contributed by atoms with Crippen LogP contribution >= 0.6 is 11.6 Å². The molecule has 1 aliphatic rings. The molecule has 1 fully saturated rings. The van der Waals surface area contributed by atoms with Gasteiger partial charge in [0.05, 0.1) is 10.6 Å². The molecule has 1 amide bonds. The highest BCUT2D eigenvalue weighted by molar-refractivity contribution is 7.89. The molecule has 0 radical (unpaired) electrons. The lowest BCUT2D eigenvalue weighted by Gasteiger charge is -2.17. The maximum atomic E-state index is 12.8. The Morgan fingerprint density at radius 1 is 1.10 bits per heavy atom. The molecule has 2 aromatic rings. The third-order valence-corrected chi connectivity index (χ3v) is 6.92. The molecule has 7 nitrogen and oxygen atoms in total. The largest absolute Gasteiger partial charge is 0.449 e. The standard InChI is InChI=1S/C20H21ClN2O5S/c1-14(19(24)22-16-7-3-2-4-8-16)28-20(25)15-9-10-17(21)18(13-15)29(26,27)23-11-5-6-12-23/h2-4,7-10,13-14H,5-6,11-12H2,1H3,(H,22,24)/t14-/m1/s1. The zero-order chi connectivity index (χ0) is 21.0. The highest BCUT2D eigenvalue weighted by Crippen LogP contribution is 2.28. The molecule has 0 aliphatic carbocycles. The molecule has 0 aromatic heterocycles. The van der Waals surface area contributed by atoms with Gasteiger partial charge in [0.25, 0.3) is 5.91 Å². The van der Waals surface area contributed by atoms with Gasteiger partial charge < -0.3 is 10.1 Å². The van der Waals surface area contributed by atoms with E-state index in [-0.39, 0.29) is 15.5 Å². The van der Waals surface area contributed by atoms with Crippen LogP contribution in [0.15, 0.2) is 53.4 Å². The van der Waals surface area contributed by atoms with Gasteiger partial charge in [0.1, 0.15) is 4.90 Å². The van der Waals surface area contributed by atoms with Gasteiger partial charge in [-0.15, -0.1) is 0 Å². The van der Waals surface area contributed by atoms with Crippen molar-refractivity contribution in [2.75, 3.05) is 18.4 Å². The van der Waals surface area contributed by atoms with Crippen LogP contribution in [0, 0.1) is 0 Å². The summed E-state index contributed by atoms with van der Waals surface area (Å²) in [6, 6.07) is 12.7. The molecule has 1 N–H and O–H groups in total. The van der Waals surface area contributed by atoms with Crippen LogP contribution in [-0.4, -0.2) is 43.8 Å². The van der Waals surface area contributed by atoms with Crippen molar-refractivity contribution in [3.63, 3.8) is 0 Å². The third-order valence-electron chi connectivity index (χ3n) is 4.54. The number of para-hydroxylation sites is 1. The monoisotopic (exact) mass is 436 g/mol. The van der Waals surface area contributed by atoms with Crippen LogP contribution in [0.5, 0.6) is 0 Å². The minimum Gasteiger partial charge on any atom is -0.449 e. The van der Waals surface area contributed by atoms with Crippen LogP contribution in [-0.2, 0) is 19.6 Å². The van der Waals surface area contributed by atoms with E-state index < -0.39 is 28.0 Å². The first-order chi connectivity index (χ1) is 13.8. The molecule has 0 unspecified atom stereocenters. The zero-order valence-corrected chi connectivity index (χ0v) is 17.4. The lowest BCUT2D eigenvalue weighted by atomic mass is 10.2. The highest BCUT2D eigenvalue weighted by Gasteiger charge is 2.30. The van der Waals surface area contributed by atoms with Crippen molar-refractivity contribution in [3.8, 4) is 0 Å². The Balaban J connectivity index is 1.73. The molecule has 0 spiro atoms. The number of benzene rings is 2. The summed E-state index contributed by atoms with van der Waals surface area (Å²) in [6.07, 6.45) is 0.496. The van der Waals surface area contributed by atoms with Crippen molar-refractivity contribution in [3.05, 3.63) is 59.1 Å². The SMILES string of the molecule is C[C@@H](OC(=O)c1ccc(Cl)c(S(=O)(=O)N2CCCC2)c1)C(=O)Nc1ccccc1. The second-order valence-electron chi connectivity index (χ2n) is 6.66. The lowest BCUT2D eigenvalue weighted by molar-refractivity contribution is -0.123. The first-order valence-corrected chi connectivity index (χ1v) is 11.0. The molecule has 3 rings (SSSR count). The highest BCUT2D eigenvalue weighted by atomic mass is 35.5. The maximum absolute atomic E-state index is 12.8. The lowest BCUT2D eigenvalue weighted by Crippen LogP contribution is -2.30. The average molecular weight is 437 g/mol. The van der Waals surface area contributed by atoms with E-state index in [1.807, 2.05) is 6.07 Å². The number of anilines is 1. The van der Waals surface area contributed by atoms with Crippen LogP contribution in [0.2, 0.25) is 5.02 Å². The quantitative estimate of drug-likeness (QED) is 0.701. The van der Waals surface area contributed by atoms with Crippen LogP contribution in [0.3, 0.4) is 0 Å². The number of rotatable bonds is 6. The Morgan fingerprint density at radius 2 is 1.76 bits per heavy atom. The topological polar surface area (TPSA) is 92.8 Å². The van der Waals surface area contributed by atoms with Crippen LogP contribution in [0.1, 0.15) is 30.1 Å². The number of esters is 1. The van der Waals surface area contributed by atoms with E-state index in [0.717, 1.165) is 12.8 Å². The first kappa shape index (κ1) is 21.3. The number of ether oxygens (including phenoxy) is 1. The third kappa shape index (κ3) is 4.95. The van der Waals surface area contributed by atoms with Crippen molar-refractivity contribution < 1.29 is 22.7 Å². The van der Waals surface area contributed by atoms with Gasteiger partial charge in [-0.05, 0) is 50.1 Å². The smallest absolute Gasteiger partial charge is 0.338 e. The Kier molecular flexibility index (Phi) is 6.56. The van der Waals surface area contributed by atoms with Gasteiger partial charge in [-0.1, -0.05) is 29.8 Å². The van der Waals surface area contributed by atoms with Crippen molar-refractivity contribution in [1.82, 2.24) is 4.31 Å². The number of halogens is 1. The normalized spacial score (nSPS) is 15.7. The fourth-order valence-electron chi connectivity index (χ4n) is 2.94. The van der Waals surface area contributed by atoms with E-state index in [0.29, 0.717) is 18.8 Å². The van der Waals surface area contributed by atoms with Gasteiger partial charge in [-0.3, -0.25) is 4.79 Å². The second kappa shape index (κ2) is 8.94. The number of amides is 1. The van der Waals surface area contributed by atoms with E-state index in [2.05, 4.69) is 5.32 Å². The number of nitrogens with zero attached hydrogens (tertiary/aromatic N) is 1. The number of hydrogen-bond acceptors (Lipinski definition) is 5. The molecule has 9 heteroatoms. The van der Waals surface area contributed by atoms with E-state index in [1.165, 1.54) is 29.4 Å². The molecule has 154 valence electrons. The summed E-state index contributed by atoms with van der Waals surface area (Å²) < 4.78 is 32.1. The number of nitrogens with one attached hydrogen (secondary N) is 1. The van der Waals surface area contributed by atoms with E-state index in [4.69, 9.17) is 16.3 Å². The Hall–Kier alpha value is -2.42. The summed E-state index contributed by atoms with van der Waals surface area (Å²) in [6.45, 7) is 2.28. The van der Waals surface area contributed by atoms with E-state index in [1.54, 1.807) is 24.3 Å². The Bertz CT molecular complexity index is 1000. The zero-order valence-electron chi connectivity index (χ0n) is 15.8. The summed E-state index contributed by atoms with van der Waals surface area (Å²) >= 11 is 6.09. The van der Waals surface area contributed by atoms with Crippen LogP contribution < -0.4 is 5.32 Å². The van der Waals surface area contributed by atoms with Crippen molar-refractivity contribution in [2.45, 2.75) is 30.8 Å². The molecule has 1 heterocycles. The van der Waals surface area contributed by atoms with Crippen LogP contribution in [0.25, 0.3) is 0 Å². The Morgan fingerprint density at radius 3 is 2.41 bits per heavy atom. The minimum absolute atomic E-state index is 0.00605. The molecule has 0 bridgehead atoms. The van der Waals surface area contributed by atoms with Gasteiger partial charge in [0.2, 0.25) is 10.0 Å². The molecular weight excluding hydrogens is 416 g/mol. The van der Waals surface area contributed by atoms with Gasteiger partial charge in [0.15, 0.2) is 6.10 Å². The summed E-state index contributed by atoms with van der Waals surface area (Å²) in [5.74, 6) is -1.31. The fraction of sp³-hybridized carbons (Fsp3) is 0.300. The molecule has 1 saturated heterocycles. The van der Waals surface area contributed by atoms with Crippen LogP contribution in [0.4, 0.5) is 5.69 Å². The predicted octanol–water partition coefficient (Wildman–Crippen LogP) is 3.31. The van der Waals surface area contributed by atoms with Crippen molar-refractivity contribution in [2.24, 2.45) is 0 Å². The summed E-state index contributed by atoms with van der Waals surface area (Å²) in [5.41, 5.74) is 0.581. The number of carbonyl (C=O) groups is 2. The van der Waals surface area contributed by atoms with Crippen molar-refractivity contribution in [1.29, 1.82) is 0 Å². The molecular formula is C20H21ClN2O5S. The maximum Gasteiger partial charge on any atom is 0.338 e. The summed E-state index contributed by atoms with van der Waals surface area (Å²) in [4.78, 5) is 24.5. The first-order valence-electron chi connectivity index (χ1n) is 9.15. The molecule has 2 aromatic carbocycles. The minimum atomic E-state index is -3.80. The molecule has 1 atom stereocenters. The predicted molar refractivity (Wildman–Crippen MR) is 109 cm³/mol. The summed E-state index contributed by atoms with van der Waals surface area (Å²) in [5, 5.41) is 2.67. The van der Waals surface area contributed by atoms with Crippen molar-refractivity contribution >= 4 is 39.2 Å². The number of carbonyl (C=O) groups excluding carboxylic acids is 2. The number of hydrogen-bond donors (Lipinski definition) is 1. The Labute approximate surface area is 174 Å². The average Bonchev–Trinajstić information content (AvgIpc) is 3.24. The van der Waals surface area contributed by atoms with Gasteiger partial charge in [-0.2, -0.15) is 4.31 Å². The molecule has 1 aliphatic heterocycles. The van der Waals surface area contributed by atoms with E-state index >= 15 is 0 Å². The fourth-order valence-corrected chi connectivity index (χ4v) is 4.96. The number of sulfonamides is 1. The molecule has 29 heavy (non-hydrogen) atoms. The van der Waals surface area contributed by atoms with E-state index in [9.17, 15) is 18.0 Å².